The first-order valence-corrected chi connectivity index (χ1v) is 5.12. The fourth-order valence-electron chi connectivity index (χ4n) is 1.46. The third-order valence-corrected chi connectivity index (χ3v) is 2.25. The second-order valence-corrected chi connectivity index (χ2v) is 3.62. The highest BCUT2D eigenvalue weighted by molar-refractivity contribution is 5.73. The molecule has 1 aromatic rings. The lowest BCUT2D eigenvalue weighted by atomic mass is 10.0. The normalized spacial score (nSPS) is 10.8. The van der Waals surface area contributed by atoms with E-state index >= 15 is 0 Å². The summed E-state index contributed by atoms with van der Waals surface area (Å²) in [7, 11) is 0. The number of aliphatic hydroxyl groups is 1. The van der Waals surface area contributed by atoms with Crippen LogP contribution in [0.3, 0.4) is 0 Å². The lowest BCUT2D eigenvalue weighted by Crippen LogP contribution is -2.05. The van der Waals surface area contributed by atoms with Crippen molar-refractivity contribution >= 4 is 12.0 Å². The van der Waals surface area contributed by atoms with Crippen LogP contribution in [0.1, 0.15) is 23.6 Å². The van der Waals surface area contributed by atoms with Crippen LogP contribution in [0.2, 0.25) is 0 Å². The molecule has 0 heterocycles. The molecule has 0 fully saturated rings. The summed E-state index contributed by atoms with van der Waals surface area (Å²) in [6, 6.07) is 3.86. The van der Waals surface area contributed by atoms with Crippen LogP contribution in [0.4, 0.5) is 0 Å². The molecule has 0 amide bonds. The number of aryl methyl sites for hydroxylation is 2. The molecule has 0 radical (unpaired) electrons. The summed E-state index contributed by atoms with van der Waals surface area (Å²) in [6.07, 6.45) is 3.38. The van der Waals surface area contributed by atoms with Crippen LogP contribution < -0.4 is 4.74 Å². The number of carbonyl (C=O) groups is 1. The smallest absolute Gasteiger partial charge is 0.308 e. The number of rotatable bonds is 3. The van der Waals surface area contributed by atoms with Crippen molar-refractivity contribution in [3.63, 3.8) is 0 Å². The highest BCUT2D eigenvalue weighted by Crippen LogP contribution is 2.28. The number of ether oxygens (including phenoxy) is 1. The number of hydrogen-bond acceptors (Lipinski definition) is 3. The summed E-state index contributed by atoms with van der Waals surface area (Å²) in [5.74, 6) is 0.226. The molecule has 0 unspecified atom stereocenters. The maximum absolute atomic E-state index is 11.0. The molecule has 3 nitrogen and oxygen atoms in total. The third kappa shape index (κ3) is 2.94. The van der Waals surface area contributed by atoms with E-state index < -0.39 is 0 Å². The van der Waals surface area contributed by atoms with E-state index in [0.29, 0.717) is 5.75 Å². The lowest BCUT2D eigenvalue weighted by molar-refractivity contribution is -0.131. The standard InChI is InChI=1S/C13H16O3/c1-9-6-7-10(2)13(16-11(3)15)12(9)5-4-8-14/h4-7,14H,8H2,1-3H3/b5-4-. The van der Waals surface area contributed by atoms with E-state index in [1.807, 2.05) is 26.0 Å². The summed E-state index contributed by atoms with van der Waals surface area (Å²) < 4.78 is 5.18. The Morgan fingerprint density at radius 3 is 2.56 bits per heavy atom. The van der Waals surface area contributed by atoms with Gasteiger partial charge in [-0.1, -0.05) is 24.3 Å². The second-order valence-electron chi connectivity index (χ2n) is 3.62. The Bertz CT molecular complexity index is 419. The molecule has 0 atom stereocenters. The summed E-state index contributed by atoms with van der Waals surface area (Å²) in [6.45, 7) is 5.16. The Morgan fingerprint density at radius 2 is 2.00 bits per heavy atom. The van der Waals surface area contributed by atoms with Crippen LogP contribution in [-0.4, -0.2) is 17.7 Å². The zero-order valence-corrected chi connectivity index (χ0v) is 9.78. The highest BCUT2D eigenvalue weighted by Gasteiger charge is 2.09. The molecular weight excluding hydrogens is 204 g/mol. The van der Waals surface area contributed by atoms with Gasteiger partial charge in [0.2, 0.25) is 0 Å². The fourth-order valence-corrected chi connectivity index (χ4v) is 1.46. The van der Waals surface area contributed by atoms with E-state index in [2.05, 4.69) is 0 Å². The Hall–Kier alpha value is -1.61. The van der Waals surface area contributed by atoms with E-state index in [1.165, 1.54) is 6.92 Å². The van der Waals surface area contributed by atoms with Gasteiger partial charge < -0.3 is 9.84 Å². The van der Waals surface area contributed by atoms with Crippen LogP contribution in [0, 0.1) is 13.8 Å². The van der Waals surface area contributed by atoms with Gasteiger partial charge in [0.15, 0.2) is 0 Å². The molecule has 3 heteroatoms. The molecule has 0 spiro atoms. The van der Waals surface area contributed by atoms with Crippen LogP contribution >= 0.6 is 0 Å². The number of esters is 1. The minimum atomic E-state index is -0.340. The van der Waals surface area contributed by atoms with Gasteiger partial charge in [0, 0.05) is 12.5 Å². The van der Waals surface area contributed by atoms with Crippen LogP contribution in [0.25, 0.3) is 6.08 Å². The Balaban J connectivity index is 3.24. The molecule has 0 saturated carbocycles. The number of carbonyl (C=O) groups excluding carboxylic acids is 1. The lowest BCUT2D eigenvalue weighted by Gasteiger charge is -2.11. The number of aliphatic hydroxyl groups excluding tert-OH is 1. The summed E-state index contributed by atoms with van der Waals surface area (Å²) in [5, 5.41) is 8.77. The summed E-state index contributed by atoms with van der Waals surface area (Å²) >= 11 is 0. The average Bonchev–Trinajstić information content (AvgIpc) is 2.22. The molecule has 16 heavy (non-hydrogen) atoms. The molecule has 86 valence electrons. The van der Waals surface area contributed by atoms with E-state index in [1.54, 1.807) is 12.2 Å². The Morgan fingerprint density at radius 1 is 1.38 bits per heavy atom. The molecule has 0 aromatic heterocycles. The largest absolute Gasteiger partial charge is 0.426 e. The second kappa shape index (κ2) is 5.47. The Kier molecular flexibility index (Phi) is 4.26. The molecule has 0 saturated heterocycles. The predicted molar refractivity (Wildman–Crippen MR) is 63.3 cm³/mol. The predicted octanol–water partition coefficient (Wildman–Crippen LogP) is 2.23. The van der Waals surface area contributed by atoms with Crippen LogP contribution in [0.5, 0.6) is 5.75 Å². The van der Waals surface area contributed by atoms with Crippen molar-refractivity contribution in [2.45, 2.75) is 20.8 Å². The van der Waals surface area contributed by atoms with Gasteiger partial charge in [0.1, 0.15) is 5.75 Å². The molecule has 1 N–H and O–H groups in total. The van der Waals surface area contributed by atoms with Crippen molar-refractivity contribution in [1.82, 2.24) is 0 Å². The first-order chi connectivity index (χ1) is 7.56. The van der Waals surface area contributed by atoms with Gasteiger partial charge in [-0.05, 0) is 25.0 Å². The molecule has 0 bridgehead atoms. The van der Waals surface area contributed by atoms with Crippen LogP contribution in [-0.2, 0) is 4.79 Å². The number of hydrogen-bond donors (Lipinski definition) is 1. The van der Waals surface area contributed by atoms with Gasteiger partial charge in [-0.15, -0.1) is 0 Å². The maximum Gasteiger partial charge on any atom is 0.308 e. The molecular formula is C13H16O3. The summed E-state index contributed by atoms with van der Waals surface area (Å²) in [5.41, 5.74) is 2.74. The fraction of sp³-hybridized carbons (Fsp3) is 0.308. The molecule has 0 aliphatic carbocycles. The van der Waals surface area contributed by atoms with Gasteiger partial charge in [0.05, 0.1) is 6.61 Å². The van der Waals surface area contributed by atoms with E-state index in [4.69, 9.17) is 9.84 Å². The van der Waals surface area contributed by atoms with Crippen molar-refractivity contribution < 1.29 is 14.6 Å². The molecule has 0 aliphatic rings. The van der Waals surface area contributed by atoms with E-state index in [9.17, 15) is 4.79 Å². The molecule has 1 rings (SSSR count). The zero-order valence-electron chi connectivity index (χ0n) is 9.78. The van der Waals surface area contributed by atoms with E-state index in [0.717, 1.165) is 16.7 Å². The quantitative estimate of drug-likeness (QED) is 0.627. The van der Waals surface area contributed by atoms with E-state index in [-0.39, 0.29) is 12.6 Å². The van der Waals surface area contributed by atoms with Gasteiger partial charge in [0.25, 0.3) is 0 Å². The van der Waals surface area contributed by atoms with Gasteiger partial charge >= 0.3 is 5.97 Å². The van der Waals surface area contributed by atoms with Crippen LogP contribution in [0.15, 0.2) is 18.2 Å². The first kappa shape index (κ1) is 12.5. The maximum atomic E-state index is 11.0. The molecule has 1 aromatic carbocycles. The van der Waals surface area contributed by atoms with Crippen molar-refractivity contribution in [2.24, 2.45) is 0 Å². The third-order valence-electron chi connectivity index (χ3n) is 2.25. The highest BCUT2D eigenvalue weighted by atomic mass is 16.5. The number of benzene rings is 1. The SMILES string of the molecule is CC(=O)Oc1c(C)ccc(C)c1/C=C\CO. The van der Waals surface area contributed by atoms with Crippen molar-refractivity contribution in [3.05, 3.63) is 34.9 Å². The van der Waals surface area contributed by atoms with Gasteiger partial charge in [-0.25, -0.2) is 0 Å². The molecule has 0 aliphatic heterocycles. The van der Waals surface area contributed by atoms with Crippen molar-refractivity contribution in [1.29, 1.82) is 0 Å². The first-order valence-electron chi connectivity index (χ1n) is 5.12. The topological polar surface area (TPSA) is 46.5 Å². The summed E-state index contributed by atoms with van der Waals surface area (Å²) in [4.78, 5) is 11.0. The monoisotopic (exact) mass is 220 g/mol. The van der Waals surface area contributed by atoms with Crippen molar-refractivity contribution in [2.75, 3.05) is 6.61 Å². The minimum Gasteiger partial charge on any atom is -0.426 e. The average molecular weight is 220 g/mol. The zero-order chi connectivity index (χ0) is 12.1. The minimum absolute atomic E-state index is 0.0348. The Labute approximate surface area is 95.4 Å². The van der Waals surface area contributed by atoms with Gasteiger partial charge in [-0.2, -0.15) is 0 Å². The van der Waals surface area contributed by atoms with Crippen molar-refractivity contribution in [3.8, 4) is 5.75 Å². The van der Waals surface area contributed by atoms with Gasteiger partial charge in [-0.3, -0.25) is 4.79 Å².